The van der Waals surface area contributed by atoms with Crippen LogP contribution in [0, 0.1) is 0 Å². The Labute approximate surface area is 196 Å². The molecule has 0 radical (unpaired) electrons. The van der Waals surface area contributed by atoms with Crippen LogP contribution in [0.4, 0.5) is 14.5 Å². The maximum atomic E-state index is 13.3. The standard InChI is InChI=1S/C24H28F2N4O4/c25-20(26)13-29(14-4-2-1-3-5-14)16-11-28(12-16)15-6-7-17-18(10-15)24(34)30(23(17)33)19-8-9-21(31)27-22(19)32/h6-7,10,14,16,19-20H,1-5,8-9,11-13H2,(H,27,31,32). The molecule has 1 unspecified atom stereocenters. The minimum absolute atomic E-state index is 0.0302. The summed E-state index contributed by atoms with van der Waals surface area (Å²) in [5, 5.41) is 2.19. The van der Waals surface area contributed by atoms with Crippen LogP contribution in [-0.4, -0.2) is 77.6 Å². The second kappa shape index (κ2) is 9.05. The number of carbonyl (C=O) groups excluding carboxylic acids is 4. The van der Waals surface area contributed by atoms with Gasteiger partial charge in [0.15, 0.2) is 0 Å². The van der Waals surface area contributed by atoms with E-state index in [-0.39, 0.29) is 42.6 Å². The fraction of sp³-hybridized carbons (Fsp3) is 0.583. The van der Waals surface area contributed by atoms with Crippen LogP contribution < -0.4 is 10.2 Å². The number of nitrogens with zero attached hydrogens (tertiary/aromatic N) is 3. The molecule has 0 spiro atoms. The van der Waals surface area contributed by atoms with Crippen molar-refractivity contribution in [3.63, 3.8) is 0 Å². The minimum Gasteiger partial charge on any atom is -0.368 e. The number of amides is 4. The van der Waals surface area contributed by atoms with Crippen molar-refractivity contribution in [1.82, 2.24) is 15.1 Å². The SMILES string of the molecule is O=C1CCC(N2C(=O)c3ccc(N4CC(N(CC(F)F)C5CCCCC5)C4)cc3C2=O)C(=O)N1. The number of imide groups is 2. The molecule has 182 valence electrons. The molecule has 4 aliphatic rings. The molecule has 3 fully saturated rings. The number of benzene rings is 1. The first-order valence-electron chi connectivity index (χ1n) is 12.0. The Morgan fingerprint density at radius 1 is 0.941 bits per heavy atom. The van der Waals surface area contributed by atoms with Crippen LogP contribution in [0.2, 0.25) is 0 Å². The van der Waals surface area contributed by atoms with E-state index in [9.17, 15) is 28.0 Å². The molecule has 1 aliphatic carbocycles. The van der Waals surface area contributed by atoms with Crippen LogP contribution in [0.1, 0.15) is 65.7 Å². The number of fused-ring (bicyclic) bond motifs is 1. The third-order valence-electron chi connectivity index (χ3n) is 7.51. The summed E-state index contributed by atoms with van der Waals surface area (Å²) in [7, 11) is 0. The zero-order valence-electron chi connectivity index (χ0n) is 18.8. The van der Waals surface area contributed by atoms with Gasteiger partial charge in [-0.2, -0.15) is 0 Å². The van der Waals surface area contributed by atoms with E-state index in [2.05, 4.69) is 5.32 Å². The molecule has 1 N–H and O–H groups in total. The van der Waals surface area contributed by atoms with Gasteiger partial charge < -0.3 is 4.90 Å². The summed E-state index contributed by atoms with van der Waals surface area (Å²) in [5.41, 5.74) is 1.21. The predicted octanol–water partition coefficient (Wildman–Crippen LogP) is 2.18. The molecular weight excluding hydrogens is 446 g/mol. The number of alkyl halides is 2. The van der Waals surface area contributed by atoms with Crippen LogP contribution in [0.15, 0.2) is 18.2 Å². The number of hydrogen-bond donors (Lipinski definition) is 1. The Morgan fingerprint density at radius 3 is 2.32 bits per heavy atom. The first-order chi connectivity index (χ1) is 16.3. The Morgan fingerprint density at radius 2 is 1.65 bits per heavy atom. The van der Waals surface area contributed by atoms with Gasteiger partial charge in [-0.3, -0.25) is 34.3 Å². The molecule has 1 aromatic rings. The van der Waals surface area contributed by atoms with E-state index in [1.54, 1.807) is 18.2 Å². The molecule has 3 aliphatic heterocycles. The molecule has 5 rings (SSSR count). The zero-order valence-corrected chi connectivity index (χ0v) is 18.8. The Balaban J connectivity index is 1.29. The molecule has 4 amide bonds. The van der Waals surface area contributed by atoms with E-state index in [1.165, 1.54) is 0 Å². The largest absolute Gasteiger partial charge is 0.368 e. The highest BCUT2D eigenvalue weighted by Crippen LogP contribution is 2.34. The Kier molecular flexibility index (Phi) is 6.09. The van der Waals surface area contributed by atoms with Crippen molar-refractivity contribution in [2.75, 3.05) is 24.5 Å². The third-order valence-corrected chi connectivity index (χ3v) is 7.51. The lowest BCUT2D eigenvalue weighted by atomic mass is 9.91. The van der Waals surface area contributed by atoms with E-state index < -0.39 is 36.1 Å². The highest BCUT2D eigenvalue weighted by Gasteiger charge is 2.45. The molecule has 1 atom stereocenters. The van der Waals surface area contributed by atoms with Gasteiger partial charge in [-0.05, 0) is 37.5 Å². The van der Waals surface area contributed by atoms with Crippen LogP contribution in [0.25, 0.3) is 0 Å². The summed E-state index contributed by atoms with van der Waals surface area (Å²) in [5.74, 6) is -2.14. The van der Waals surface area contributed by atoms with Crippen LogP contribution in [-0.2, 0) is 9.59 Å². The van der Waals surface area contributed by atoms with Gasteiger partial charge in [-0.15, -0.1) is 0 Å². The molecule has 0 bridgehead atoms. The number of carbonyl (C=O) groups is 4. The van der Waals surface area contributed by atoms with Crippen molar-refractivity contribution >= 4 is 29.3 Å². The third kappa shape index (κ3) is 4.08. The Hall–Kier alpha value is -2.88. The number of nitrogens with one attached hydrogen (secondary N) is 1. The summed E-state index contributed by atoms with van der Waals surface area (Å²) in [6.07, 6.45) is 3.02. The van der Waals surface area contributed by atoms with Crippen LogP contribution in [0.3, 0.4) is 0 Å². The number of anilines is 1. The van der Waals surface area contributed by atoms with Gasteiger partial charge in [0.05, 0.1) is 17.7 Å². The maximum Gasteiger partial charge on any atom is 0.262 e. The average Bonchev–Trinajstić information content (AvgIpc) is 3.02. The van der Waals surface area contributed by atoms with Crippen LogP contribution >= 0.6 is 0 Å². The summed E-state index contributed by atoms with van der Waals surface area (Å²) in [6, 6.07) is 4.21. The number of rotatable bonds is 6. The van der Waals surface area contributed by atoms with Crippen molar-refractivity contribution < 1.29 is 28.0 Å². The van der Waals surface area contributed by atoms with Gasteiger partial charge in [-0.25, -0.2) is 8.78 Å². The van der Waals surface area contributed by atoms with Crippen molar-refractivity contribution in [3.05, 3.63) is 29.3 Å². The second-order valence-electron chi connectivity index (χ2n) is 9.62. The molecule has 1 aromatic carbocycles. The highest BCUT2D eigenvalue weighted by molar-refractivity contribution is 6.23. The first kappa shape index (κ1) is 22.9. The summed E-state index contributed by atoms with van der Waals surface area (Å²) >= 11 is 0. The quantitative estimate of drug-likeness (QED) is 0.636. The van der Waals surface area contributed by atoms with Gasteiger partial charge in [0.1, 0.15) is 6.04 Å². The lowest BCUT2D eigenvalue weighted by Gasteiger charge is -2.50. The Bertz CT molecular complexity index is 1020. The van der Waals surface area contributed by atoms with E-state index in [1.807, 2.05) is 9.80 Å². The predicted molar refractivity (Wildman–Crippen MR) is 119 cm³/mol. The van der Waals surface area contributed by atoms with E-state index >= 15 is 0 Å². The minimum atomic E-state index is -2.38. The number of halogens is 2. The van der Waals surface area contributed by atoms with Gasteiger partial charge in [0.2, 0.25) is 11.8 Å². The lowest BCUT2D eigenvalue weighted by Crippen LogP contribution is -2.63. The van der Waals surface area contributed by atoms with Crippen molar-refractivity contribution in [1.29, 1.82) is 0 Å². The molecule has 3 heterocycles. The van der Waals surface area contributed by atoms with Crippen molar-refractivity contribution in [2.24, 2.45) is 0 Å². The summed E-state index contributed by atoms with van der Waals surface area (Å²) in [6.45, 7) is 0.948. The fourth-order valence-corrected chi connectivity index (χ4v) is 5.70. The van der Waals surface area contributed by atoms with Gasteiger partial charge >= 0.3 is 0 Å². The number of piperidine rings is 1. The van der Waals surface area contributed by atoms with E-state index in [0.29, 0.717) is 13.1 Å². The molecule has 34 heavy (non-hydrogen) atoms. The van der Waals surface area contributed by atoms with Crippen LogP contribution in [0.5, 0.6) is 0 Å². The topological polar surface area (TPSA) is 90.0 Å². The molecule has 8 nitrogen and oxygen atoms in total. The smallest absolute Gasteiger partial charge is 0.262 e. The molecule has 2 saturated heterocycles. The highest BCUT2D eigenvalue weighted by atomic mass is 19.3. The molecule has 10 heteroatoms. The van der Waals surface area contributed by atoms with Gasteiger partial charge in [0, 0.05) is 37.3 Å². The first-order valence-corrected chi connectivity index (χ1v) is 12.0. The number of hydrogen-bond acceptors (Lipinski definition) is 6. The monoisotopic (exact) mass is 474 g/mol. The van der Waals surface area contributed by atoms with E-state index in [4.69, 9.17) is 0 Å². The molecule has 1 saturated carbocycles. The average molecular weight is 475 g/mol. The normalized spacial score (nSPS) is 24.2. The maximum absolute atomic E-state index is 13.3. The molecule has 0 aromatic heterocycles. The lowest BCUT2D eigenvalue weighted by molar-refractivity contribution is -0.136. The van der Waals surface area contributed by atoms with E-state index in [0.717, 1.165) is 42.7 Å². The zero-order chi connectivity index (χ0) is 24.0. The van der Waals surface area contributed by atoms with Crippen molar-refractivity contribution in [2.45, 2.75) is 69.5 Å². The summed E-state index contributed by atoms with van der Waals surface area (Å²) in [4.78, 5) is 54.5. The van der Waals surface area contributed by atoms with Gasteiger partial charge in [0.25, 0.3) is 18.2 Å². The fourth-order valence-electron chi connectivity index (χ4n) is 5.70. The second-order valence-corrected chi connectivity index (χ2v) is 9.62. The summed E-state index contributed by atoms with van der Waals surface area (Å²) < 4.78 is 26.5. The van der Waals surface area contributed by atoms with Gasteiger partial charge in [-0.1, -0.05) is 19.3 Å². The van der Waals surface area contributed by atoms with Crippen molar-refractivity contribution in [3.8, 4) is 0 Å². The molecular formula is C24H28F2N4O4.